The molecule has 1 aromatic heterocycles. The second kappa shape index (κ2) is 8.06. The number of aromatic nitrogens is 1. The standard InChI is InChI=1S/C23H20N2OS/c1-2-27-24-20-9-6-10-21(16-20)25-14-13-19-15-22(11-12-23(19)25)26-17-18-7-4-3-5-8-18/h2-16,24H,1,17H2. The van der Waals surface area contributed by atoms with Crippen LogP contribution in [-0.4, -0.2) is 4.57 Å². The van der Waals surface area contributed by atoms with Crippen LogP contribution in [0.2, 0.25) is 0 Å². The third-order valence-electron chi connectivity index (χ3n) is 4.29. The number of ether oxygens (including phenoxy) is 1. The van der Waals surface area contributed by atoms with Crippen molar-refractivity contribution in [3.05, 3.63) is 103 Å². The number of anilines is 1. The summed E-state index contributed by atoms with van der Waals surface area (Å²) in [5.74, 6) is 0.877. The van der Waals surface area contributed by atoms with Gasteiger partial charge in [0.15, 0.2) is 0 Å². The first-order valence-electron chi connectivity index (χ1n) is 8.74. The largest absolute Gasteiger partial charge is 0.489 e. The van der Waals surface area contributed by atoms with Crippen molar-refractivity contribution in [2.24, 2.45) is 0 Å². The summed E-state index contributed by atoms with van der Waals surface area (Å²) >= 11 is 1.46. The van der Waals surface area contributed by atoms with Crippen molar-refractivity contribution in [2.45, 2.75) is 6.61 Å². The summed E-state index contributed by atoms with van der Waals surface area (Å²) in [6, 6.07) is 26.8. The molecule has 0 saturated heterocycles. The van der Waals surface area contributed by atoms with Crippen molar-refractivity contribution in [3.8, 4) is 11.4 Å². The van der Waals surface area contributed by atoms with E-state index in [0.717, 1.165) is 33.6 Å². The Hall–Kier alpha value is -3.11. The minimum absolute atomic E-state index is 0.571. The number of nitrogens with zero attached hydrogens (tertiary/aromatic N) is 1. The lowest BCUT2D eigenvalue weighted by Crippen LogP contribution is -1.95. The van der Waals surface area contributed by atoms with Gasteiger partial charge in [-0.3, -0.25) is 0 Å². The highest BCUT2D eigenvalue weighted by atomic mass is 32.2. The molecule has 0 amide bonds. The van der Waals surface area contributed by atoms with E-state index in [0.29, 0.717) is 6.61 Å². The molecule has 0 aliphatic carbocycles. The van der Waals surface area contributed by atoms with Crippen molar-refractivity contribution >= 4 is 28.5 Å². The fourth-order valence-corrected chi connectivity index (χ4v) is 3.35. The van der Waals surface area contributed by atoms with E-state index >= 15 is 0 Å². The Kier molecular flexibility index (Phi) is 5.17. The molecular formula is C23H20N2OS. The van der Waals surface area contributed by atoms with E-state index in [1.54, 1.807) is 5.41 Å². The molecule has 0 radical (unpaired) electrons. The molecule has 0 saturated carbocycles. The zero-order valence-corrected chi connectivity index (χ0v) is 15.7. The van der Waals surface area contributed by atoms with E-state index in [2.05, 4.69) is 64.5 Å². The van der Waals surface area contributed by atoms with E-state index in [1.165, 1.54) is 11.9 Å². The van der Waals surface area contributed by atoms with Crippen LogP contribution in [0.5, 0.6) is 5.75 Å². The monoisotopic (exact) mass is 372 g/mol. The Bertz CT molecular complexity index is 1060. The molecule has 1 heterocycles. The molecule has 1 N–H and O–H groups in total. The van der Waals surface area contributed by atoms with Crippen LogP contribution < -0.4 is 9.46 Å². The van der Waals surface area contributed by atoms with Gasteiger partial charge in [-0.1, -0.05) is 43.0 Å². The predicted octanol–water partition coefficient (Wildman–Crippen LogP) is 6.41. The molecule has 27 heavy (non-hydrogen) atoms. The normalized spacial score (nSPS) is 10.7. The summed E-state index contributed by atoms with van der Waals surface area (Å²) in [5.41, 5.74) is 4.46. The van der Waals surface area contributed by atoms with Crippen molar-refractivity contribution < 1.29 is 4.74 Å². The van der Waals surface area contributed by atoms with Gasteiger partial charge in [-0.15, -0.1) is 0 Å². The van der Waals surface area contributed by atoms with Gasteiger partial charge in [0.2, 0.25) is 0 Å². The lowest BCUT2D eigenvalue weighted by Gasteiger charge is -2.10. The maximum Gasteiger partial charge on any atom is 0.120 e. The molecule has 0 bridgehead atoms. The zero-order chi connectivity index (χ0) is 18.5. The van der Waals surface area contributed by atoms with Crippen LogP contribution in [0.1, 0.15) is 5.56 Å². The van der Waals surface area contributed by atoms with Crippen molar-refractivity contribution in [2.75, 3.05) is 4.72 Å². The summed E-state index contributed by atoms with van der Waals surface area (Å²) < 4.78 is 11.4. The molecule has 0 unspecified atom stereocenters. The number of hydrogen-bond acceptors (Lipinski definition) is 3. The third-order valence-corrected chi connectivity index (χ3v) is 4.81. The van der Waals surface area contributed by atoms with Crippen molar-refractivity contribution in [3.63, 3.8) is 0 Å². The van der Waals surface area contributed by atoms with Crippen LogP contribution in [0.15, 0.2) is 97.0 Å². The van der Waals surface area contributed by atoms with Gasteiger partial charge in [-0.2, -0.15) is 0 Å². The molecule has 134 valence electrons. The molecule has 0 aliphatic rings. The third kappa shape index (κ3) is 4.01. The highest BCUT2D eigenvalue weighted by molar-refractivity contribution is 8.03. The quantitative estimate of drug-likeness (QED) is 0.379. The van der Waals surface area contributed by atoms with E-state index < -0.39 is 0 Å². The molecule has 4 rings (SSSR count). The van der Waals surface area contributed by atoms with Crippen LogP contribution in [0.4, 0.5) is 5.69 Å². The average Bonchev–Trinajstić information content (AvgIpc) is 3.15. The molecule has 4 heteroatoms. The van der Waals surface area contributed by atoms with Gasteiger partial charge >= 0.3 is 0 Å². The van der Waals surface area contributed by atoms with E-state index in [1.807, 2.05) is 36.4 Å². The Balaban J connectivity index is 1.56. The van der Waals surface area contributed by atoms with E-state index in [9.17, 15) is 0 Å². The van der Waals surface area contributed by atoms with Gasteiger partial charge in [0.1, 0.15) is 12.4 Å². The first kappa shape index (κ1) is 17.3. The van der Waals surface area contributed by atoms with E-state index in [4.69, 9.17) is 4.74 Å². The highest BCUT2D eigenvalue weighted by Gasteiger charge is 2.06. The summed E-state index contributed by atoms with van der Waals surface area (Å²) in [4.78, 5) is 0. The van der Waals surface area contributed by atoms with Crippen LogP contribution in [0, 0.1) is 0 Å². The van der Waals surface area contributed by atoms with Crippen LogP contribution in [-0.2, 0) is 6.61 Å². The summed E-state index contributed by atoms with van der Waals surface area (Å²) in [6.07, 6.45) is 2.09. The molecule has 4 aromatic rings. The Morgan fingerprint density at radius 2 is 1.85 bits per heavy atom. The SMILES string of the molecule is C=CSNc1cccc(-n2ccc3cc(OCc4ccccc4)ccc32)c1. The number of rotatable bonds is 7. The van der Waals surface area contributed by atoms with Crippen molar-refractivity contribution in [1.82, 2.24) is 4.57 Å². The topological polar surface area (TPSA) is 26.2 Å². The summed E-state index contributed by atoms with van der Waals surface area (Å²) in [7, 11) is 0. The van der Waals surface area contributed by atoms with Crippen LogP contribution in [0.25, 0.3) is 16.6 Å². The first-order chi connectivity index (χ1) is 13.3. The predicted molar refractivity (Wildman–Crippen MR) is 115 cm³/mol. The van der Waals surface area contributed by atoms with Crippen LogP contribution in [0.3, 0.4) is 0 Å². The lowest BCUT2D eigenvalue weighted by atomic mass is 10.2. The number of fused-ring (bicyclic) bond motifs is 1. The second-order valence-corrected chi connectivity index (χ2v) is 6.89. The van der Waals surface area contributed by atoms with Crippen molar-refractivity contribution in [1.29, 1.82) is 0 Å². The smallest absolute Gasteiger partial charge is 0.120 e. The Morgan fingerprint density at radius 3 is 2.70 bits per heavy atom. The molecular weight excluding hydrogens is 352 g/mol. The zero-order valence-electron chi connectivity index (χ0n) is 14.8. The Labute approximate surface area is 163 Å². The van der Waals surface area contributed by atoms with Gasteiger partial charge in [0.25, 0.3) is 0 Å². The summed E-state index contributed by atoms with van der Waals surface area (Å²) in [5, 5.41) is 2.92. The summed E-state index contributed by atoms with van der Waals surface area (Å²) in [6.45, 7) is 4.29. The maximum atomic E-state index is 5.95. The van der Waals surface area contributed by atoms with Gasteiger partial charge < -0.3 is 14.0 Å². The Morgan fingerprint density at radius 1 is 0.963 bits per heavy atom. The molecule has 0 aliphatic heterocycles. The van der Waals surface area contributed by atoms with Gasteiger partial charge in [0, 0.05) is 23.0 Å². The number of nitrogens with one attached hydrogen (secondary N) is 1. The van der Waals surface area contributed by atoms with Gasteiger partial charge in [-0.05, 0) is 65.4 Å². The number of hydrogen-bond donors (Lipinski definition) is 1. The highest BCUT2D eigenvalue weighted by Crippen LogP contribution is 2.27. The average molecular weight is 372 g/mol. The molecule has 0 atom stereocenters. The fourth-order valence-electron chi connectivity index (χ4n) is 3.01. The molecule has 3 aromatic carbocycles. The second-order valence-electron chi connectivity index (χ2n) is 6.12. The van der Waals surface area contributed by atoms with E-state index in [-0.39, 0.29) is 0 Å². The van der Waals surface area contributed by atoms with Gasteiger partial charge in [-0.25, -0.2) is 0 Å². The minimum Gasteiger partial charge on any atom is -0.489 e. The fraction of sp³-hybridized carbons (Fsp3) is 0.0435. The molecule has 0 fully saturated rings. The molecule has 0 spiro atoms. The lowest BCUT2D eigenvalue weighted by molar-refractivity contribution is 0.306. The first-order valence-corrected chi connectivity index (χ1v) is 9.62. The number of benzene rings is 3. The van der Waals surface area contributed by atoms with Gasteiger partial charge in [0.05, 0.1) is 5.52 Å². The van der Waals surface area contributed by atoms with Crippen LogP contribution >= 0.6 is 11.9 Å². The minimum atomic E-state index is 0.571. The maximum absolute atomic E-state index is 5.95. The molecule has 3 nitrogen and oxygen atoms in total.